The first kappa shape index (κ1) is 23.3. The standard InChI is InChI=1S/C20H39NO5/c1-8-10-19(4,5)18-15(21-13(3)23)16(24)17(14(12-22)25-18)26-20(6,7)11-9-2/h14-18,22,24H,8-12H2,1-7H3,(H,21,23). The minimum absolute atomic E-state index is 0.219. The SMILES string of the molecule is CCCC(C)(C)OC1C(CO)OC(C(C)(C)CCC)C(NC(C)=O)C1O. The lowest BCUT2D eigenvalue weighted by molar-refractivity contribution is -0.255. The van der Waals surface area contributed by atoms with Crippen molar-refractivity contribution in [3.8, 4) is 0 Å². The monoisotopic (exact) mass is 373 g/mol. The summed E-state index contributed by atoms with van der Waals surface area (Å²) < 4.78 is 12.4. The van der Waals surface area contributed by atoms with E-state index >= 15 is 0 Å². The van der Waals surface area contributed by atoms with Crippen LogP contribution in [-0.2, 0) is 14.3 Å². The van der Waals surface area contributed by atoms with Crippen molar-refractivity contribution in [3.63, 3.8) is 0 Å². The highest BCUT2D eigenvalue weighted by Crippen LogP contribution is 2.38. The quantitative estimate of drug-likeness (QED) is 0.578. The van der Waals surface area contributed by atoms with Crippen molar-refractivity contribution in [3.05, 3.63) is 0 Å². The van der Waals surface area contributed by atoms with Crippen LogP contribution < -0.4 is 5.32 Å². The van der Waals surface area contributed by atoms with Crippen LogP contribution in [-0.4, -0.2) is 58.8 Å². The fourth-order valence-corrected chi connectivity index (χ4v) is 4.13. The Morgan fingerprint density at radius 2 is 1.73 bits per heavy atom. The topological polar surface area (TPSA) is 88.0 Å². The normalized spacial score (nSPS) is 30.3. The van der Waals surface area contributed by atoms with Crippen LogP contribution in [0.5, 0.6) is 0 Å². The molecule has 0 spiro atoms. The van der Waals surface area contributed by atoms with Gasteiger partial charge in [-0.2, -0.15) is 0 Å². The molecule has 1 heterocycles. The minimum Gasteiger partial charge on any atom is -0.394 e. The van der Waals surface area contributed by atoms with Gasteiger partial charge in [0.1, 0.15) is 18.3 Å². The van der Waals surface area contributed by atoms with Crippen LogP contribution in [0.3, 0.4) is 0 Å². The van der Waals surface area contributed by atoms with Gasteiger partial charge in [0.2, 0.25) is 5.91 Å². The number of aliphatic hydroxyl groups is 2. The van der Waals surface area contributed by atoms with Gasteiger partial charge in [0.05, 0.1) is 24.4 Å². The summed E-state index contributed by atoms with van der Waals surface area (Å²) >= 11 is 0. The van der Waals surface area contributed by atoms with Gasteiger partial charge in [0.25, 0.3) is 0 Å². The summed E-state index contributed by atoms with van der Waals surface area (Å²) in [5.74, 6) is -0.219. The van der Waals surface area contributed by atoms with Crippen molar-refractivity contribution >= 4 is 5.91 Å². The Kier molecular flexibility index (Phi) is 8.52. The number of carbonyl (C=O) groups excluding carboxylic acids is 1. The summed E-state index contributed by atoms with van der Waals surface area (Å²) in [5.41, 5.74) is -0.718. The molecule has 0 radical (unpaired) electrons. The Bertz CT molecular complexity index is 451. The van der Waals surface area contributed by atoms with Gasteiger partial charge in [-0.05, 0) is 32.1 Å². The highest BCUT2D eigenvalue weighted by atomic mass is 16.6. The van der Waals surface area contributed by atoms with Crippen molar-refractivity contribution < 1.29 is 24.5 Å². The molecule has 0 aromatic carbocycles. The molecule has 0 aromatic heterocycles. The fourth-order valence-electron chi connectivity index (χ4n) is 4.13. The van der Waals surface area contributed by atoms with Crippen molar-refractivity contribution in [2.24, 2.45) is 5.41 Å². The summed E-state index contributed by atoms with van der Waals surface area (Å²) in [7, 11) is 0. The van der Waals surface area contributed by atoms with Gasteiger partial charge in [0.15, 0.2) is 0 Å². The molecule has 1 rings (SSSR count). The van der Waals surface area contributed by atoms with Crippen LogP contribution in [0, 0.1) is 5.41 Å². The van der Waals surface area contributed by atoms with Crippen molar-refractivity contribution in [1.29, 1.82) is 0 Å². The highest BCUT2D eigenvalue weighted by molar-refractivity contribution is 5.73. The lowest BCUT2D eigenvalue weighted by Gasteiger charge is -2.51. The highest BCUT2D eigenvalue weighted by Gasteiger charge is 2.51. The predicted octanol–water partition coefficient (Wildman–Crippen LogP) is 2.40. The summed E-state index contributed by atoms with van der Waals surface area (Å²) in [6, 6.07) is -0.584. The van der Waals surface area contributed by atoms with Crippen LogP contribution in [0.1, 0.15) is 74.1 Å². The second kappa shape index (κ2) is 9.49. The van der Waals surface area contributed by atoms with Crippen LogP contribution in [0.15, 0.2) is 0 Å². The number of nitrogens with one attached hydrogen (secondary N) is 1. The van der Waals surface area contributed by atoms with E-state index in [1.165, 1.54) is 6.92 Å². The van der Waals surface area contributed by atoms with E-state index in [-0.39, 0.29) is 17.9 Å². The smallest absolute Gasteiger partial charge is 0.217 e. The molecule has 6 heteroatoms. The number of aliphatic hydroxyl groups excluding tert-OH is 2. The van der Waals surface area contributed by atoms with E-state index in [1.807, 2.05) is 13.8 Å². The van der Waals surface area contributed by atoms with Crippen LogP contribution in [0.4, 0.5) is 0 Å². The van der Waals surface area contributed by atoms with E-state index in [0.29, 0.717) is 0 Å². The number of carbonyl (C=O) groups is 1. The average molecular weight is 374 g/mol. The summed E-state index contributed by atoms with van der Waals surface area (Å²) in [5, 5.41) is 23.8. The van der Waals surface area contributed by atoms with Gasteiger partial charge in [-0.3, -0.25) is 4.79 Å². The summed E-state index contributed by atoms with van der Waals surface area (Å²) in [4.78, 5) is 11.8. The Morgan fingerprint density at radius 1 is 1.15 bits per heavy atom. The Balaban J connectivity index is 3.16. The third kappa shape index (κ3) is 5.91. The lowest BCUT2D eigenvalue weighted by Crippen LogP contribution is -2.68. The maximum Gasteiger partial charge on any atom is 0.217 e. The first-order chi connectivity index (χ1) is 12.0. The third-order valence-corrected chi connectivity index (χ3v) is 5.24. The number of rotatable bonds is 9. The zero-order valence-electron chi connectivity index (χ0n) is 17.5. The molecule has 5 unspecified atom stereocenters. The second-order valence-corrected chi connectivity index (χ2v) is 8.83. The molecule has 1 aliphatic heterocycles. The molecule has 1 amide bonds. The van der Waals surface area contributed by atoms with Crippen LogP contribution >= 0.6 is 0 Å². The van der Waals surface area contributed by atoms with Crippen molar-refractivity contribution in [2.75, 3.05) is 6.61 Å². The Hall–Kier alpha value is -0.690. The van der Waals surface area contributed by atoms with Gasteiger partial charge in [-0.25, -0.2) is 0 Å². The van der Waals surface area contributed by atoms with Crippen LogP contribution in [0.2, 0.25) is 0 Å². The van der Waals surface area contributed by atoms with Gasteiger partial charge < -0.3 is 25.0 Å². The first-order valence-corrected chi connectivity index (χ1v) is 9.88. The number of ether oxygens (including phenoxy) is 2. The van der Waals surface area contributed by atoms with Crippen molar-refractivity contribution in [2.45, 2.75) is 110 Å². The van der Waals surface area contributed by atoms with Gasteiger partial charge in [-0.1, -0.05) is 40.5 Å². The van der Waals surface area contributed by atoms with Crippen LogP contribution in [0.25, 0.3) is 0 Å². The zero-order valence-corrected chi connectivity index (χ0v) is 17.5. The molecule has 154 valence electrons. The molecule has 0 bridgehead atoms. The summed E-state index contributed by atoms with van der Waals surface area (Å²) in [6.45, 7) is 13.4. The van der Waals surface area contributed by atoms with Gasteiger partial charge in [0, 0.05) is 6.92 Å². The molecule has 1 saturated heterocycles. The van der Waals surface area contributed by atoms with E-state index in [4.69, 9.17) is 9.47 Å². The van der Waals surface area contributed by atoms with E-state index in [1.54, 1.807) is 0 Å². The Labute approximate surface area is 158 Å². The van der Waals surface area contributed by atoms with Gasteiger partial charge in [-0.15, -0.1) is 0 Å². The predicted molar refractivity (Wildman–Crippen MR) is 102 cm³/mol. The molecular weight excluding hydrogens is 334 g/mol. The van der Waals surface area contributed by atoms with Gasteiger partial charge >= 0.3 is 0 Å². The van der Waals surface area contributed by atoms with E-state index < -0.39 is 36.1 Å². The minimum atomic E-state index is -0.956. The average Bonchev–Trinajstić information content (AvgIpc) is 2.50. The Morgan fingerprint density at radius 3 is 2.19 bits per heavy atom. The molecule has 26 heavy (non-hydrogen) atoms. The molecule has 1 fully saturated rings. The molecular formula is C20H39NO5. The number of amides is 1. The maximum atomic E-state index is 11.8. The summed E-state index contributed by atoms with van der Waals surface area (Å²) in [6.07, 6.45) is 0.911. The largest absolute Gasteiger partial charge is 0.394 e. The molecule has 3 N–H and O–H groups in total. The van der Waals surface area contributed by atoms with Crippen molar-refractivity contribution in [1.82, 2.24) is 5.32 Å². The molecule has 1 aliphatic rings. The third-order valence-electron chi connectivity index (χ3n) is 5.24. The first-order valence-electron chi connectivity index (χ1n) is 9.88. The van der Waals surface area contributed by atoms with E-state index in [9.17, 15) is 15.0 Å². The lowest BCUT2D eigenvalue weighted by atomic mass is 9.74. The maximum absolute atomic E-state index is 11.8. The second-order valence-electron chi connectivity index (χ2n) is 8.83. The number of hydrogen-bond acceptors (Lipinski definition) is 5. The fraction of sp³-hybridized carbons (Fsp3) is 0.950. The molecule has 0 aromatic rings. The molecule has 0 saturated carbocycles. The van der Waals surface area contributed by atoms with E-state index in [0.717, 1.165) is 25.7 Å². The van der Waals surface area contributed by atoms with E-state index in [2.05, 4.69) is 33.0 Å². The molecule has 6 nitrogen and oxygen atoms in total. The zero-order chi connectivity index (χ0) is 20.1. The number of hydrogen-bond donors (Lipinski definition) is 3. The molecule has 5 atom stereocenters. The molecule has 0 aliphatic carbocycles.